The van der Waals surface area contributed by atoms with Crippen molar-refractivity contribution in [1.29, 1.82) is 0 Å². The van der Waals surface area contributed by atoms with Crippen molar-refractivity contribution >= 4 is 11.9 Å². The van der Waals surface area contributed by atoms with Gasteiger partial charge in [-0.15, -0.1) is 0 Å². The van der Waals surface area contributed by atoms with Crippen LogP contribution < -0.4 is 0 Å². The minimum atomic E-state index is -0.957. The van der Waals surface area contributed by atoms with Crippen molar-refractivity contribution in [2.75, 3.05) is 14.1 Å². The molecule has 2 aromatic rings. The Morgan fingerprint density at radius 3 is 2.24 bits per heavy atom. The predicted octanol–water partition coefficient (Wildman–Crippen LogP) is 2.07. The van der Waals surface area contributed by atoms with E-state index in [-0.39, 0.29) is 5.91 Å². The van der Waals surface area contributed by atoms with Crippen LogP contribution in [-0.2, 0) is 9.53 Å². The molecule has 2 rings (SSSR count). The molecule has 0 saturated carbocycles. The van der Waals surface area contributed by atoms with Crippen molar-refractivity contribution in [2.24, 2.45) is 0 Å². The predicted molar refractivity (Wildman–Crippen MR) is 77.5 cm³/mol. The lowest BCUT2D eigenvalue weighted by molar-refractivity contribution is -0.138. The van der Waals surface area contributed by atoms with Gasteiger partial charge in [0.05, 0.1) is 5.56 Å². The molecular formula is C16H16N2O3. The molecule has 0 fully saturated rings. The minimum absolute atomic E-state index is 0.288. The number of ether oxygens (including phenoxy) is 1. The van der Waals surface area contributed by atoms with Gasteiger partial charge in [-0.2, -0.15) is 0 Å². The summed E-state index contributed by atoms with van der Waals surface area (Å²) in [6.07, 6.45) is 2.05. The Hall–Kier alpha value is -2.69. The van der Waals surface area contributed by atoms with Crippen LogP contribution in [0.5, 0.6) is 0 Å². The quantitative estimate of drug-likeness (QED) is 0.806. The summed E-state index contributed by atoms with van der Waals surface area (Å²) in [5, 5.41) is 0. The molecule has 0 bridgehead atoms. The number of carbonyl (C=O) groups is 2. The molecule has 1 aromatic heterocycles. The number of rotatable bonds is 4. The molecule has 0 aliphatic rings. The van der Waals surface area contributed by atoms with Gasteiger partial charge in [-0.05, 0) is 12.1 Å². The number of benzene rings is 1. The van der Waals surface area contributed by atoms with Gasteiger partial charge >= 0.3 is 5.97 Å². The lowest BCUT2D eigenvalue weighted by atomic mass is 10.1. The summed E-state index contributed by atoms with van der Waals surface area (Å²) < 4.78 is 5.39. The number of carbonyl (C=O) groups excluding carboxylic acids is 2. The summed E-state index contributed by atoms with van der Waals surface area (Å²) in [5.74, 6) is -0.843. The van der Waals surface area contributed by atoms with E-state index in [0.717, 1.165) is 0 Å². The summed E-state index contributed by atoms with van der Waals surface area (Å²) in [7, 11) is 3.25. The molecule has 108 valence electrons. The van der Waals surface area contributed by atoms with Gasteiger partial charge in [0.1, 0.15) is 0 Å². The van der Waals surface area contributed by atoms with Crippen LogP contribution in [0.15, 0.2) is 54.9 Å². The van der Waals surface area contributed by atoms with E-state index in [9.17, 15) is 9.59 Å². The van der Waals surface area contributed by atoms with Crippen molar-refractivity contribution < 1.29 is 14.3 Å². The third-order valence-corrected chi connectivity index (χ3v) is 2.91. The summed E-state index contributed by atoms with van der Waals surface area (Å²) in [5.41, 5.74) is 0.996. The third kappa shape index (κ3) is 3.66. The van der Waals surface area contributed by atoms with E-state index < -0.39 is 12.1 Å². The number of esters is 1. The average Bonchev–Trinajstić information content (AvgIpc) is 2.53. The Bertz CT molecular complexity index is 612. The van der Waals surface area contributed by atoms with Gasteiger partial charge in [-0.3, -0.25) is 9.78 Å². The smallest absolute Gasteiger partial charge is 0.339 e. The van der Waals surface area contributed by atoms with Crippen LogP contribution in [0.4, 0.5) is 0 Å². The van der Waals surface area contributed by atoms with E-state index in [0.29, 0.717) is 11.1 Å². The number of hydrogen-bond acceptors (Lipinski definition) is 4. The Morgan fingerprint density at radius 1 is 1.05 bits per heavy atom. The van der Waals surface area contributed by atoms with E-state index in [1.807, 2.05) is 6.07 Å². The second-order valence-corrected chi connectivity index (χ2v) is 4.66. The zero-order valence-corrected chi connectivity index (χ0v) is 11.9. The van der Waals surface area contributed by atoms with Crippen LogP contribution in [0.1, 0.15) is 22.0 Å². The molecule has 0 aliphatic carbocycles. The van der Waals surface area contributed by atoms with Crippen LogP contribution >= 0.6 is 0 Å². The SMILES string of the molecule is CN(C)C(=O)[C@@H](OC(=O)c1ccncc1)c1ccccc1. The first-order valence-corrected chi connectivity index (χ1v) is 6.46. The summed E-state index contributed by atoms with van der Waals surface area (Å²) >= 11 is 0. The highest BCUT2D eigenvalue weighted by Crippen LogP contribution is 2.21. The van der Waals surface area contributed by atoms with Gasteiger partial charge in [0.15, 0.2) is 0 Å². The van der Waals surface area contributed by atoms with E-state index in [1.54, 1.807) is 50.5 Å². The fraction of sp³-hybridized carbons (Fsp3) is 0.188. The van der Waals surface area contributed by atoms with Crippen molar-refractivity contribution in [1.82, 2.24) is 9.88 Å². The van der Waals surface area contributed by atoms with E-state index >= 15 is 0 Å². The molecule has 5 heteroatoms. The lowest BCUT2D eigenvalue weighted by Gasteiger charge is -2.21. The topological polar surface area (TPSA) is 59.5 Å². The largest absolute Gasteiger partial charge is 0.444 e. The van der Waals surface area contributed by atoms with E-state index in [1.165, 1.54) is 17.3 Å². The van der Waals surface area contributed by atoms with Crippen molar-refractivity contribution in [3.05, 3.63) is 66.0 Å². The number of hydrogen-bond donors (Lipinski definition) is 0. The first-order valence-electron chi connectivity index (χ1n) is 6.46. The zero-order chi connectivity index (χ0) is 15.2. The van der Waals surface area contributed by atoms with Gasteiger partial charge in [0.25, 0.3) is 5.91 Å². The number of nitrogens with zero attached hydrogens (tertiary/aromatic N) is 2. The summed E-state index contributed by atoms with van der Waals surface area (Å²) in [4.78, 5) is 29.6. The lowest BCUT2D eigenvalue weighted by Crippen LogP contribution is -2.31. The maximum absolute atomic E-state index is 12.2. The highest BCUT2D eigenvalue weighted by molar-refractivity contribution is 5.92. The molecule has 0 radical (unpaired) electrons. The first kappa shape index (κ1) is 14.7. The van der Waals surface area contributed by atoms with Crippen LogP contribution in [0.3, 0.4) is 0 Å². The monoisotopic (exact) mass is 284 g/mol. The van der Waals surface area contributed by atoms with Crippen molar-refractivity contribution in [3.63, 3.8) is 0 Å². The van der Waals surface area contributed by atoms with Crippen LogP contribution in [0.25, 0.3) is 0 Å². The third-order valence-electron chi connectivity index (χ3n) is 2.91. The molecule has 1 heterocycles. The number of likely N-dealkylation sites (N-methyl/N-ethyl adjacent to an activating group) is 1. The van der Waals surface area contributed by atoms with Crippen molar-refractivity contribution in [3.8, 4) is 0 Å². The Labute approximate surface area is 123 Å². The van der Waals surface area contributed by atoms with Crippen molar-refractivity contribution in [2.45, 2.75) is 6.10 Å². The van der Waals surface area contributed by atoms with E-state index in [2.05, 4.69) is 4.98 Å². The molecule has 0 saturated heterocycles. The fourth-order valence-corrected chi connectivity index (χ4v) is 1.79. The molecule has 21 heavy (non-hydrogen) atoms. The molecular weight excluding hydrogens is 268 g/mol. The Kier molecular flexibility index (Phi) is 4.66. The molecule has 0 aliphatic heterocycles. The second kappa shape index (κ2) is 6.65. The molecule has 0 N–H and O–H groups in total. The Balaban J connectivity index is 2.25. The maximum Gasteiger partial charge on any atom is 0.339 e. The Morgan fingerprint density at radius 2 is 1.67 bits per heavy atom. The van der Waals surface area contributed by atoms with Gasteiger partial charge in [-0.1, -0.05) is 30.3 Å². The minimum Gasteiger partial charge on any atom is -0.444 e. The van der Waals surface area contributed by atoms with E-state index in [4.69, 9.17) is 4.74 Å². The number of pyridine rings is 1. The van der Waals surface area contributed by atoms with Crippen LogP contribution in [0, 0.1) is 0 Å². The molecule has 1 aromatic carbocycles. The molecule has 0 unspecified atom stereocenters. The van der Waals surface area contributed by atoms with Gasteiger partial charge in [0.2, 0.25) is 6.10 Å². The normalized spacial score (nSPS) is 11.5. The summed E-state index contributed by atoms with van der Waals surface area (Å²) in [6, 6.07) is 12.0. The number of aromatic nitrogens is 1. The average molecular weight is 284 g/mol. The van der Waals surface area contributed by atoms with Gasteiger partial charge in [-0.25, -0.2) is 4.79 Å². The van der Waals surface area contributed by atoms with Gasteiger partial charge in [0, 0.05) is 32.1 Å². The zero-order valence-electron chi connectivity index (χ0n) is 11.9. The highest BCUT2D eigenvalue weighted by Gasteiger charge is 2.26. The first-order chi connectivity index (χ1) is 10.1. The fourth-order valence-electron chi connectivity index (χ4n) is 1.79. The second-order valence-electron chi connectivity index (χ2n) is 4.66. The molecule has 1 atom stereocenters. The standard InChI is InChI=1S/C16H16N2O3/c1-18(2)15(19)14(12-6-4-3-5-7-12)21-16(20)13-8-10-17-11-9-13/h3-11,14H,1-2H3/t14-/m0/s1. The van der Waals surface area contributed by atoms with Crippen LogP contribution in [0.2, 0.25) is 0 Å². The maximum atomic E-state index is 12.2. The molecule has 5 nitrogen and oxygen atoms in total. The summed E-state index contributed by atoms with van der Waals surface area (Å²) in [6.45, 7) is 0. The highest BCUT2D eigenvalue weighted by atomic mass is 16.5. The van der Waals surface area contributed by atoms with Crippen LogP contribution in [-0.4, -0.2) is 35.9 Å². The number of amides is 1. The molecule has 0 spiro atoms. The molecule has 1 amide bonds. The van der Waals surface area contributed by atoms with Gasteiger partial charge < -0.3 is 9.64 Å².